The molecule has 0 aliphatic rings. The van der Waals surface area contributed by atoms with Crippen molar-refractivity contribution >= 4 is 23.5 Å². The average Bonchev–Trinajstić information content (AvgIpc) is 2.83. The fourth-order valence-electron chi connectivity index (χ4n) is 3.46. The Morgan fingerprint density at radius 1 is 0.875 bits per heavy atom. The maximum Gasteiger partial charge on any atom is 0.334 e. The van der Waals surface area contributed by atoms with Crippen LogP contribution in [0.25, 0.3) is 0 Å². The zero-order valence-electron chi connectivity index (χ0n) is 17.7. The topological polar surface area (TPSA) is 105 Å². The van der Waals surface area contributed by atoms with Crippen LogP contribution in [0.3, 0.4) is 0 Å². The number of aliphatic carboxylic acids is 1. The van der Waals surface area contributed by atoms with Gasteiger partial charge in [-0.15, -0.1) is 0 Å². The first-order valence-corrected chi connectivity index (χ1v) is 10.00. The number of carbonyl (C=O) groups is 3. The Morgan fingerprint density at radius 2 is 1.44 bits per heavy atom. The van der Waals surface area contributed by atoms with Crippen LogP contribution in [-0.4, -0.2) is 30.0 Å². The van der Waals surface area contributed by atoms with Crippen molar-refractivity contribution < 1.29 is 24.2 Å². The Hall–Kier alpha value is -4.13. The fourth-order valence-corrected chi connectivity index (χ4v) is 3.46. The highest BCUT2D eigenvalue weighted by Crippen LogP contribution is 2.32. The molecule has 2 unspecified atom stereocenters. The maximum absolute atomic E-state index is 13.2. The van der Waals surface area contributed by atoms with Gasteiger partial charge in [-0.1, -0.05) is 55.5 Å². The molecule has 32 heavy (non-hydrogen) atoms. The van der Waals surface area contributed by atoms with E-state index in [0.29, 0.717) is 11.4 Å². The molecule has 0 fully saturated rings. The SMILES string of the molecule is COc1ccc(NC(=O)C(C)C(NC(=O)c2ccccc2)(C(=O)O)c2ccccc2)cc1. The van der Waals surface area contributed by atoms with Gasteiger partial charge < -0.3 is 20.5 Å². The zero-order chi connectivity index (χ0) is 23.1. The molecule has 7 heteroatoms. The maximum atomic E-state index is 13.2. The molecule has 164 valence electrons. The third kappa shape index (κ3) is 4.62. The molecule has 0 aliphatic carbocycles. The minimum absolute atomic E-state index is 0.286. The van der Waals surface area contributed by atoms with E-state index in [0.717, 1.165) is 0 Å². The van der Waals surface area contributed by atoms with E-state index in [9.17, 15) is 19.5 Å². The summed E-state index contributed by atoms with van der Waals surface area (Å²) in [5.74, 6) is -3.03. The monoisotopic (exact) mass is 432 g/mol. The van der Waals surface area contributed by atoms with Crippen molar-refractivity contribution in [2.45, 2.75) is 12.5 Å². The molecule has 3 aromatic carbocycles. The molecule has 0 spiro atoms. The number of hydrogen-bond acceptors (Lipinski definition) is 4. The van der Waals surface area contributed by atoms with E-state index in [2.05, 4.69) is 10.6 Å². The van der Waals surface area contributed by atoms with Gasteiger partial charge in [-0.25, -0.2) is 4.79 Å². The van der Waals surface area contributed by atoms with E-state index in [1.54, 1.807) is 84.9 Å². The molecular formula is C25H24N2O5. The number of methoxy groups -OCH3 is 1. The van der Waals surface area contributed by atoms with Gasteiger partial charge in [-0.2, -0.15) is 0 Å². The van der Waals surface area contributed by atoms with Crippen LogP contribution < -0.4 is 15.4 Å². The fraction of sp³-hybridized carbons (Fsp3) is 0.160. The number of benzene rings is 3. The molecular weight excluding hydrogens is 408 g/mol. The average molecular weight is 432 g/mol. The van der Waals surface area contributed by atoms with Crippen LogP contribution in [0.4, 0.5) is 5.69 Å². The number of anilines is 1. The van der Waals surface area contributed by atoms with Crippen LogP contribution in [0, 0.1) is 5.92 Å². The van der Waals surface area contributed by atoms with Crippen molar-refractivity contribution in [3.63, 3.8) is 0 Å². The lowest BCUT2D eigenvalue weighted by Gasteiger charge is -2.35. The Morgan fingerprint density at radius 3 is 1.97 bits per heavy atom. The van der Waals surface area contributed by atoms with Gasteiger partial charge in [0, 0.05) is 11.3 Å². The molecule has 2 amide bonds. The Balaban J connectivity index is 1.99. The van der Waals surface area contributed by atoms with E-state index in [4.69, 9.17) is 4.74 Å². The van der Waals surface area contributed by atoms with Gasteiger partial charge >= 0.3 is 5.97 Å². The molecule has 7 nitrogen and oxygen atoms in total. The van der Waals surface area contributed by atoms with E-state index < -0.39 is 29.2 Å². The summed E-state index contributed by atoms with van der Waals surface area (Å²) in [7, 11) is 1.53. The van der Waals surface area contributed by atoms with Crippen LogP contribution in [0.15, 0.2) is 84.9 Å². The second-order valence-electron chi connectivity index (χ2n) is 7.24. The predicted octanol–water partition coefficient (Wildman–Crippen LogP) is 3.68. The molecule has 0 bridgehead atoms. The molecule has 0 aliphatic heterocycles. The van der Waals surface area contributed by atoms with Gasteiger partial charge in [-0.3, -0.25) is 9.59 Å². The number of carboxylic acids is 1. The Kier molecular flexibility index (Phi) is 6.90. The molecule has 0 heterocycles. The first kappa shape index (κ1) is 22.6. The summed E-state index contributed by atoms with van der Waals surface area (Å²) >= 11 is 0. The van der Waals surface area contributed by atoms with Gasteiger partial charge in [-0.05, 0) is 42.0 Å². The molecule has 2 atom stereocenters. The number of hydrogen-bond donors (Lipinski definition) is 3. The third-order valence-electron chi connectivity index (χ3n) is 5.31. The van der Waals surface area contributed by atoms with Gasteiger partial charge in [0.25, 0.3) is 5.91 Å². The Labute approximate surface area is 186 Å². The number of amides is 2. The smallest absolute Gasteiger partial charge is 0.334 e. The number of rotatable bonds is 8. The minimum Gasteiger partial charge on any atom is -0.497 e. The van der Waals surface area contributed by atoms with Crippen molar-refractivity contribution in [2.24, 2.45) is 5.92 Å². The number of carbonyl (C=O) groups excluding carboxylic acids is 2. The van der Waals surface area contributed by atoms with Crippen molar-refractivity contribution in [1.29, 1.82) is 0 Å². The van der Waals surface area contributed by atoms with Crippen molar-refractivity contribution in [2.75, 3.05) is 12.4 Å². The second-order valence-corrected chi connectivity index (χ2v) is 7.24. The van der Waals surface area contributed by atoms with Gasteiger partial charge in [0.15, 0.2) is 5.54 Å². The highest BCUT2D eigenvalue weighted by atomic mass is 16.5. The standard InChI is InChI=1S/C25H24N2O5/c1-17(22(28)26-20-13-15-21(32-2)16-14-20)25(24(30)31,19-11-7-4-8-12-19)27-23(29)18-9-5-3-6-10-18/h3-17H,1-2H3,(H,26,28)(H,27,29)(H,30,31). The molecule has 3 N–H and O–H groups in total. The normalized spacial score (nSPS) is 13.3. The first-order chi connectivity index (χ1) is 15.4. The summed E-state index contributed by atoms with van der Waals surface area (Å²) < 4.78 is 5.11. The van der Waals surface area contributed by atoms with Crippen LogP contribution in [0.2, 0.25) is 0 Å². The molecule has 0 saturated carbocycles. The number of nitrogens with one attached hydrogen (secondary N) is 2. The van der Waals surface area contributed by atoms with Crippen LogP contribution in [-0.2, 0) is 15.1 Å². The summed E-state index contributed by atoms with van der Waals surface area (Å²) in [4.78, 5) is 38.8. The predicted molar refractivity (Wildman–Crippen MR) is 120 cm³/mol. The van der Waals surface area contributed by atoms with Gasteiger partial charge in [0.05, 0.1) is 13.0 Å². The lowest BCUT2D eigenvalue weighted by atomic mass is 9.77. The van der Waals surface area contributed by atoms with E-state index >= 15 is 0 Å². The molecule has 0 saturated heterocycles. The summed E-state index contributed by atoms with van der Waals surface area (Å²) in [5, 5.41) is 15.7. The minimum atomic E-state index is -2.00. The van der Waals surface area contributed by atoms with Crippen molar-refractivity contribution in [1.82, 2.24) is 5.32 Å². The van der Waals surface area contributed by atoms with Crippen LogP contribution in [0.5, 0.6) is 5.75 Å². The molecule has 0 aromatic heterocycles. The summed E-state index contributed by atoms with van der Waals surface area (Å²) in [6, 6.07) is 23.1. The lowest BCUT2D eigenvalue weighted by Crippen LogP contribution is -2.58. The number of carboxylic acid groups (broad SMARTS) is 1. The largest absolute Gasteiger partial charge is 0.497 e. The summed E-state index contributed by atoms with van der Waals surface area (Å²) in [5.41, 5.74) is -0.944. The van der Waals surface area contributed by atoms with E-state index in [1.807, 2.05) is 0 Å². The van der Waals surface area contributed by atoms with E-state index in [-0.39, 0.29) is 11.1 Å². The zero-order valence-corrected chi connectivity index (χ0v) is 17.7. The van der Waals surface area contributed by atoms with Crippen molar-refractivity contribution in [3.8, 4) is 5.75 Å². The van der Waals surface area contributed by atoms with Gasteiger partial charge in [0.2, 0.25) is 5.91 Å². The highest BCUT2D eigenvalue weighted by Gasteiger charge is 2.50. The highest BCUT2D eigenvalue weighted by molar-refractivity contribution is 6.02. The third-order valence-corrected chi connectivity index (χ3v) is 5.31. The second kappa shape index (κ2) is 9.78. The van der Waals surface area contributed by atoms with Gasteiger partial charge in [0.1, 0.15) is 5.75 Å². The van der Waals surface area contributed by atoms with Crippen molar-refractivity contribution in [3.05, 3.63) is 96.1 Å². The van der Waals surface area contributed by atoms with Crippen LogP contribution in [0.1, 0.15) is 22.8 Å². The molecule has 0 radical (unpaired) electrons. The quantitative estimate of drug-likeness (QED) is 0.504. The molecule has 3 aromatic rings. The van der Waals surface area contributed by atoms with E-state index in [1.165, 1.54) is 14.0 Å². The lowest BCUT2D eigenvalue weighted by molar-refractivity contribution is -0.150. The van der Waals surface area contributed by atoms with Crippen LogP contribution >= 0.6 is 0 Å². The number of ether oxygens (including phenoxy) is 1. The molecule has 3 rings (SSSR count). The summed E-state index contributed by atoms with van der Waals surface area (Å²) in [6.07, 6.45) is 0. The first-order valence-electron chi connectivity index (χ1n) is 10.00. The summed E-state index contributed by atoms with van der Waals surface area (Å²) in [6.45, 7) is 1.48. The Bertz CT molecular complexity index is 1080.